The van der Waals surface area contributed by atoms with Gasteiger partial charge in [0.25, 0.3) is 0 Å². The molecule has 1 fully saturated rings. The number of aromatic nitrogens is 1. The van der Waals surface area contributed by atoms with Crippen LogP contribution < -0.4 is 0 Å². The largest absolute Gasteiger partial charge is 0.383 e. The van der Waals surface area contributed by atoms with E-state index in [9.17, 15) is 4.79 Å². The molecule has 4 nitrogen and oxygen atoms in total. The van der Waals surface area contributed by atoms with E-state index in [2.05, 4.69) is 11.1 Å². The van der Waals surface area contributed by atoms with Crippen molar-refractivity contribution in [2.45, 2.75) is 26.7 Å². The van der Waals surface area contributed by atoms with Crippen LogP contribution in [0.4, 0.5) is 0 Å². The highest BCUT2D eigenvalue weighted by Crippen LogP contribution is 2.23. The van der Waals surface area contributed by atoms with E-state index in [1.165, 1.54) is 5.56 Å². The van der Waals surface area contributed by atoms with Crippen molar-refractivity contribution in [3.05, 3.63) is 29.1 Å². The third-order valence-corrected chi connectivity index (χ3v) is 3.70. The molecule has 1 atom stereocenters. The standard InChI is InChI=1S/C15H22N2O2/c1-11-4-5-14(12(2)16-11)8-13-9-15(18)17(10-13)6-7-19-3/h4-5,13H,6-10H2,1-3H3/t13-/m0/s1. The fourth-order valence-electron chi connectivity index (χ4n) is 2.65. The lowest BCUT2D eigenvalue weighted by Crippen LogP contribution is -2.28. The van der Waals surface area contributed by atoms with Gasteiger partial charge in [-0.1, -0.05) is 6.07 Å². The number of amides is 1. The van der Waals surface area contributed by atoms with Gasteiger partial charge in [0.05, 0.1) is 6.61 Å². The number of carbonyl (C=O) groups excluding carboxylic acids is 1. The molecular weight excluding hydrogens is 240 g/mol. The van der Waals surface area contributed by atoms with Crippen molar-refractivity contribution in [2.75, 3.05) is 26.8 Å². The lowest BCUT2D eigenvalue weighted by molar-refractivity contribution is -0.128. The number of methoxy groups -OCH3 is 1. The number of hydrogen-bond acceptors (Lipinski definition) is 3. The van der Waals surface area contributed by atoms with Gasteiger partial charge in [-0.15, -0.1) is 0 Å². The van der Waals surface area contributed by atoms with Gasteiger partial charge in [0.15, 0.2) is 0 Å². The van der Waals surface area contributed by atoms with Crippen LogP contribution in [0.25, 0.3) is 0 Å². The Morgan fingerprint density at radius 2 is 2.21 bits per heavy atom. The predicted octanol–water partition coefficient (Wildman–Crippen LogP) is 1.74. The van der Waals surface area contributed by atoms with Crippen LogP contribution in [-0.2, 0) is 16.0 Å². The Kier molecular flexibility index (Phi) is 4.53. The zero-order valence-corrected chi connectivity index (χ0v) is 12.0. The van der Waals surface area contributed by atoms with Gasteiger partial charge in [-0.25, -0.2) is 0 Å². The number of ether oxygens (including phenoxy) is 1. The Bertz CT molecular complexity index is 459. The van der Waals surface area contributed by atoms with Gasteiger partial charge in [-0.3, -0.25) is 9.78 Å². The summed E-state index contributed by atoms with van der Waals surface area (Å²) in [6, 6.07) is 4.18. The fraction of sp³-hybridized carbons (Fsp3) is 0.600. The van der Waals surface area contributed by atoms with Crippen LogP contribution >= 0.6 is 0 Å². The molecule has 2 rings (SSSR count). The van der Waals surface area contributed by atoms with E-state index >= 15 is 0 Å². The highest BCUT2D eigenvalue weighted by molar-refractivity contribution is 5.78. The molecule has 1 saturated heterocycles. The molecule has 0 aromatic carbocycles. The number of aryl methyl sites for hydroxylation is 2. The zero-order chi connectivity index (χ0) is 13.8. The second kappa shape index (κ2) is 6.15. The van der Waals surface area contributed by atoms with Crippen molar-refractivity contribution < 1.29 is 9.53 Å². The molecule has 104 valence electrons. The molecule has 1 aromatic rings. The summed E-state index contributed by atoms with van der Waals surface area (Å²) >= 11 is 0. The van der Waals surface area contributed by atoms with Gasteiger partial charge in [-0.05, 0) is 37.8 Å². The third kappa shape index (κ3) is 3.53. The Balaban J connectivity index is 1.95. The van der Waals surface area contributed by atoms with E-state index < -0.39 is 0 Å². The molecule has 0 unspecified atom stereocenters. The van der Waals surface area contributed by atoms with E-state index in [0.717, 1.165) is 24.4 Å². The summed E-state index contributed by atoms with van der Waals surface area (Å²) in [7, 11) is 1.67. The molecule has 0 spiro atoms. The molecule has 1 aliphatic heterocycles. The first-order chi connectivity index (χ1) is 9.10. The van der Waals surface area contributed by atoms with Crippen LogP contribution in [0.5, 0.6) is 0 Å². The lowest BCUT2D eigenvalue weighted by Gasteiger charge is -2.16. The summed E-state index contributed by atoms with van der Waals surface area (Å²) in [5.41, 5.74) is 3.39. The minimum Gasteiger partial charge on any atom is -0.383 e. The second-order valence-corrected chi connectivity index (χ2v) is 5.30. The first-order valence-electron chi connectivity index (χ1n) is 6.80. The van der Waals surface area contributed by atoms with E-state index in [-0.39, 0.29) is 5.91 Å². The Labute approximate surface area is 114 Å². The Morgan fingerprint density at radius 1 is 1.42 bits per heavy atom. The van der Waals surface area contributed by atoms with Crippen molar-refractivity contribution in [3.8, 4) is 0 Å². The summed E-state index contributed by atoms with van der Waals surface area (Å²) in [6.45, 7) is 6.21. The van der Waals surface area contributed by atoms with Crippen molar-refractivity contribution in [1.29, 1.82) is 0 Å². The molecule has 4 heteroatoms. The Morgan fingerprint density at radius 3 is 2.89 bits per heavy atom. The van der Waals surface area contributed by atoms with Crippen molar-refractivity contribution >= 4 is 5.91 Å². The Hall–Kier alpha value is -1.42. The van der Waals surface area contributed by atoms with Crippen molar-refractivity contribution in [2.24, 2.45) is 5.92 Å². The van der Waals surface area contributed by atoms with Crippen LogP contribution in [0.15, 0.2) is 12.1 Å². The smallest absolute Gasteiger partial charge is 0.223 e. The van der Waals surface area contributed by atoms with Crippen LogP contribution in [0.1, 0.15) is 23.4 Å². The minimum atomic E-state index is 0.250. The van der Waals surface area contributed by atoms with Gasteiger partial charge in [0.1, 0.15) is 0 Å². The maximum atomic E-state index is 11.9. The number of hydrogen-bond donors (Lipinski definition) is 0. The summed E-state index contributed by atoms with van der Waals surface area (Å²) in [6.07, 6.45) is 1.59. The summed E-state index contributed by atoms with van der Waals surface area (Å²) in [4.78, 5) is 18.3. The van der Waals surface area contributed by atoms with Crippen LogP contribution in [0, 0.1) is 19.8 Å². The van der Waals surface area contributed by atoms with E-state index in [1.54, 1.807) is 7.11 Å². The van der Waals surface area contributed by atoms with Gasteiger partial charge >= 0.3 is 0 Å². The second-order valence-electron chi connectivity index (χ2n) is 5.30. The predicted molar refractivity (Wildman–Crippen MR) is 74.0 cm³/mol. The molecule has 0 aliphatic carbocycles. The van der Waals surface area contributed by atoms with Gasteiger partial charge in [-0.2, -0.15) is 0 Å². The molecule has 0 saturated carbocycles. The molecule has 1 amide bonds. The SMILES string of the molecule is COCCN1C[C@@H](Cc2ccc(C)nc2C)CC1=O. The topological polar surface area (TPSA) is 42.4 Å². The normalized spacial score (nSPS) is 19.2. The fourth-order valence-corrected chi connectivity index (χ4v) is 2.65. The third-order valence-electron chi connectivity index (χ3n) is 3.70. The molecule has 0 radical (unpaired) electrons. The van der Waals surface area contributed by atoms with E-state index in [1.807, 2.05) is 24.8 Å². The van der Waals surface area contributed by atoms with E-state index in [4.69, 9.17) is 4.74 Å². The van der Waals surface area contributed by atoms with Gasteiger partial charge in [0, 0.05) is 38.0 Å². The monoisotopic (exact) mass is 262 g/mol. The highest BCUT2D eigenvalue weighted by Gasteiger charge is 2.29. The number of carbonyl (C=O) groups is 1. The van der Waals surface area contributed by atoms with Crippen molar-refractivity contribution in [1.82, 2.24) is 9.88 Å². The van der Waals surface area contributed by atoms with Gasteiger partial charge < -0.3 is 9.64 Å². The molecule has 1 aromatic heterocycles. The first-order valence-corrected chi connectivity index (χ1v) is 6.80. The highest BCUT2D eigenvalue weighted by atomic mass is 16.5. The van der Waals surface area contributed by atoms with Gasteiger partial charge in [0.2, 0.25) is 5.91 Å². The average molecular weight is 262 g/mol. The molecular formula is C15H22N2O2. The number of rotatable bonds is 5. The quantitative estimate of drug-likeness (QED) is 0.811. The molecule has 0 N–H and O–H groups in total. The maximum Gasteiger partial charge on any atom is 0.223 e. The average Bonchev–Trinajstić information content (AvgIpc) is 2.71. The lowest BCUT2D eigenvalue weighted by atomic mass is 9.97. The molecule has 19 heavy (non-hydrogen) atoms. The van der Waals surface area contributed by atoms with Crippen LogP contribution in [0.2, 0.25) is 0 Å². The summed E-state index contributed by atoms with van der Waals surface area (Å²) in [5.74, 6) is 0.660. The number of nitrogens with zero attached hydrogens (tertiary/aromatic N) is 2. The van der Waals surface area contributed by atoms with Crippen molar-refractivity contribution in [3.63, 3.8) is 0 Å². The molecule has 1 aliphatic rings. The number of pyridine rings is 1. The van der Waals surface area contributed by atoms with Crippen LogP contribution in [-0.4, -0.2) is 42.6 Å². The molecule has 2 heterocycles. The minimum absolute atomic E-state index is 0.250. The summed E-state index contributed by atoms with van der Waals surface area (Å²) in [5, 5.41) is 0. The zero-order valence-electron chi connectivity index (χ0n) is 12.0. The maximum absolute atomic E-state index is 11.9. The van der Waals surface area contributed by atoms with Crippen LogP contribution in [0.3, 0.4) is 0 Å². The van der Waals surface area contributed by atoms with E-state index in [0.29, 0.717) is 25.5 Å². The number of likely N-dealkylation sites (tertiary alicyclic amines) is 1. The first kappa shape index (κ1) is 14.0. The summed E-state index contributed by atoms with van der Waals surface area (Å²) < 4.78 is 5.03. The molecule has 0 bridgehead atoms.